The van der Waals surface area contributed by atoms with E-state index < -0.39 is 6.10 Å². The van der Waals surface area contributed by atoms with Gasteiger partial charge in [0.05, 0.1) is 0 Å². The van der Waals surface area contributed by atoms with Gasteiger partial charge in [-0.25, -0.2) is 0 Å². The van der Waals surface area contributed by atoms with E-state index in [2.05, 4.69) is 6.92 Å². The minimum Gasteiger partial charge on any atom is -0.385 e. The van der Waals surface area contributed by atoms with E-state index in [1.807, 2.05) is 18.2 Å². The molecule has 0 bridgehead atoms. The van der Waals surface area contributed by atoms with Crippen molar-refractivity contribution in [3.8, 4) is 0 Å². The van der Waals surface area contributed by atoms with Gasteiger partial charge < -0.3 is 5.11 Å². The Morgan fingerprint density at radius 2 is 1.43 bits per heavy atom. The number of ketones is 1. The molecule has 0 aliphatic carbocycles. The van der Waals surface area contributed by atoms with Crippen molar-refractivity contribution in [2.75, 3.05) is 0 Å². The van der Waals surface area contributed by atoms with Crippen LogP contribution in [0.15, 0.2) is 30.3 Å². The summed E-state index contributed by atoms with van der Waals surface area (Å²) in [7, 11) is 0. The molecule has 1 unspecified atom stereocenters. The Bertz CT molecular complexity index is 372. The summed E-state index contributed by atoms with van der Waals surface area (Å²) in [6.07, 6.45) is 11.0. The summed E-state index contributed by atoms with van der Waals surface area (Å²) < 4.78 is 0. The topological polar surface area (TPSA) is 37.3 Å². The Balaban J connectivity index is 2.03. The summed E-state index contributed by atoms with van der Waals surface area (Å²) in [5.74, 6) is -0.143. The predicted molar refractivity (Wildman–Crippen MR) is 88.6 cm³/mol. The fraction of sp³-hybridized carbons (Fsp3) is 0.632. The second-order valence-electron chi connectivity index (χ2n) is 5.86. The summed E-state index contributed by atoms with van der Waals surface area (Å²) >= 11 is 0. The monoisotopic (exact) mass is 290 g/mol. The van der Waals surface area contributed by atoms with E-state index in [4.69, 9.17) is 0 Å². The largest absolute Gasteiger partial charge is 0.385 e. The minimum absolute atomic E-state index is 0.143. The molecule has 0 spiro atoms. The number of Topliss-reactive ketones (excluding diaryl/α,β-unsaturated/α-hetero) is 1. The first kappa shape index (κ1) is 17.9. The second-order valence-corrected chi connectivity index (χ2v) is 5.86. The fourth-order valence-electron chi connectivity index (χ4n) is 2.57. The van der Waals surface area contributed by atoms with Gasteiger partial charge in [0, 0.05) is 5.56 Å². The summed E-state index contributed by atoms with van der Waals surface area (Å²) in [6.45, 7) is 2.24. The molecule has 0 amide bonds. The van der Waals surface area contributed by atoms with Crippen LogP contribution in [0.4, 0.5) is 0 Å². The van der Waals surface area contributed by atoms with E-state index in [0.29, 0.717) is 12.0 Å². The number of unbranched alkanes of at least 4 members (excludes halogenated alkanes) is 8. The van der Waals surface area contributed by atoms with E-state index in [1.165, 1.54) is 44.9 Å². The maximum absolute atomic E-state index is 12.0. The number of aliphatic hydroxyl groups excluding tert-OH is 1. The van der Waals surface area contributed by atoms with Crippen molar-refractivity contribution in [1.29, 1.82) is 0 Å². The van der Waals surface area contributed by atoms with Crippen LogP contribution >= 0.6 is 0 Å². The van der Waals surface area contributed by atoms with Gasteiger partial charge in [-0.15, -0.1) is 0 Å². The van der Waals surface area contributed by atoms with E-state index in [-0.39, 0.29) is 5.78 Å². The Hall–Kier alpha value is -1.15. The SMILES string of the molecule is CCCCCCCCCCCC(O)C(=O)c1ccccc1. The highest BCUT2D eigenvalue weighted by atomic mass is 16.3. The van der Waals surface area contributed by atoms with Crippen LogP contribution in [-0.4, -0.2) is 17.0 Å². The van der Waals surface area contributed by atoms with Gasteiger partial charge in [0.15, 0.2) is 5.78 Å². The van der Waals surface area contributed by atoms with Gasteiger partial charge in [-0.05, 0) is 6.42 Å². The van der Waals surface area contributed by atoms with Gasteiger partial charge in [-0.1, -0.05) is 95.0 Å². The molecular formula is C19H30O2. The zero-order valence-corrected chi connectivity index (χ0v) is 13.4. The van der Waals surface area contributed by atoms with Gasteiger partial charge in [0.1, 0.15) is 6.10 Å². The normalized spacial score (nSPS) is 12.3. The van der Waals surface area contributed by atoms with E-state index in [0.717, 1.165) is 12.8 Å². The molecule has 118 valence electrons. The third-order valence-corrected chi connectivity index (χ3v) is 3.94. The highest BCUT2D eigenvalue weighted by Crippen LogP contribution is 2.13. The Morgan fingerprint density at radius 3 is 2.00 bits per heavy atom. The molecule has 0 fully saturated rings. The van der Waals surface area contributed by atoms with Gasteiger partial charge in [-0.3, -0.25) is 4.79 Å². The molecule has 0 aliphatic rings. The van der Waals surface area contributed by atoms with Gasteiger partial charge in [-0.2, -0.15) is 0 Å². The van der Waals surface area contributed by atoms with E-state index in [9.17, 15) is 9.90 Å². The number of benzene rings is 1. The van der Waals surface area contributed by atoms with Gasteiger partial charge in [0.25, 0.3) is 0 Å². The quantitative estimate of drug-likeness (QED) is 0.427. The van der Waals surface area contributed by atoms with Crippen LogP contribution in [0.25, 0.3) is 0 Å². The van der Waals surface area contributed by atoms with Crippen molar-refractivity contribution in [3.05, 3.63) is 35.9 Å². The predicted octanol–water partition coefficient (Wildman–Crippen LogP) is 5.15. The lowest BCUT2D eigenvalue weighted by atomic mass is 10.0. The average molecular weight is 290 g/mol. The summed E-state index contributed by atoms with van der Waals surface area (Å²) in [4.78, 5) is 12.0. The number of hydrogen-bond acceptors (Lipinski definition) is 2. The van der Waals surface area contributed by atoms with Crippen molar-refractivity contribution >= 4 is 5.78 Å². The van der Waals surface area contributed by atoms with Crippen LogP contribution in [0.2, 0.25) is 0 Å². The maximum Gasteiger partial charge on any atom is 0.191 e. The zero-order chi connectivity index (χ0) is 15.3. The summed E-state index contributed by atoms with van der Waals surface area (Å²) in [5, 5.41) is 9.92. The molecule has 0 heterocycles. The van der Waals surface area contributed by atoms with Crippen molar-refractivity contribution in [2.45, 2.75) is 77.2 Å². The van der Waals surface area contributed by atoms with Crippen LogP contribution in [-0.2, 0) is 0 Å². The zero-order valence-electron chi connectivity index (χ0n) is 13.4. The molecule has 0 aliphatic heterocycles. The van der Waals surface area contributed by atoms with Crippen molar-refractivity contribution in [1.82, 2.24) is 0 Å². The summed E-state index contributed by atoms with van der Waals surface area (Å²) in [6, 6.07) is 9.07. The highest BCUT2D eigenvalue weighted by Gasteiger charge is 2.15. The highest BCUT2D eigenvalue weighted by molar-refractivity contribution is 5.99. The lowest BCUT2D eigenvalue weighted by Crippen LogP contribution is -2.20. The minimum atomic E-state index is -0.836. The second kappa shape index (κ2) is 11.5. The average Bonchev–Trinajstić information content (AvgIpc) is 2.53. The van der Waals surface area contributed by atoms with Gasteiger partial charge >= 0.3 is 0 Å². The molecule has 2 heteroatoms. The van der Waals surface area contributed by atoms with E-state index >= 15 is 0 Å². The molecule has 21 heavy (non-hydrogen) atoms. The molecule has 1 aromatic rings. The first-order chi connectivity index (χ1) is 10.3. The molecular weight excluding hydrogens is 260 g/mol. The van der Waals surface area contributed by atoms with Crippen LogP contribution in [0.1, 0.15) is 81.5 Å². The first-order valence-electron chi connectivity index (χ1n) is 8.53. The fourth-order valence-corrected chi connectivity index (χ4v) is 2.57. The third-order valence-electron chi connectivity index (χ3n) is 3.94. The lowest BCUT2D eigenvalue weighted by Gasteiger charge is -2.09. The van der Waals surface area contributed by atoms with Crippen molar-refractivity contribution in [3.63, 3.8) is 0 Å². The van der Waals surface area contributed by atoms with E-state index in [1.54, 1.807) is 12.1 Å². The Kier molecular flexibility index (Phi) is 9.81. The Labute approximate surface area is 129 Å². The third kappa shape index (κ3) is 8.01. The van der Waals surface area contributed by atoms with Crippen molar-refractivity contribution < 1.29 is 9.90 Å². The molecule has 1 N–H and O–H groups in total. The molecule has 0 aromatic heterocycles. The molecule has 1 aromatic carbocycles. The smallest absolute Gasteiger partial charge is 0.191 e. The molecule has 0 radical (unpaired) electrons. The molecule has 2 nitrogen and oxygen atoms in total. The number of rotatable bonds is 12. The van der Waals surface area contributed by atoms with Crippen molar-refractivity contribution in [2.24, 2.45) is 0 Å². The van der Waals surface area contributed by atoms with Crippen LogP contribution in [0, 0.1) is 0 Å². The first-order valence-corrected chi connectivity index (χ1v) is 8.53. The number of hydrogen-bond donors (Lipinski definition) is 1. The van der Waals surface area contributed by atoms with Crippen LogP contribution in [0.3, 0.4) is 0 Å². The summed E-state index contributed by atoms with van der Waals surface area (Å²) in [5.41, 5.74) is 0.612. The molecule has 1 atom stereocenters. The molecule has 0 saturated heterocycles. The number of carbonyl (C=O) groups excluding carboxylic acids is 1. The lowest BCUT2D eigenvalue weighted by molar-refractivity contribution is 0.0725. The Morgan fingerprint density at radius 1 is 0.905 bits per heavy atom. The van der Waals surface area contributed by atoms with Crippen LogP contribution in [0.5, 0.6) is 0 Å². The number of carbonyl (C=O) groups is 1. The molecule has 0 saturated carbocycles. The number of aliphatic hydroxyl groups is 1. The van der Waals surface area contributed by atoms with Crippen LogP contribution < -0.4 is 0 Å². The van der Waals surface area contributed by atoms with Gasteiger partial charge in [0.2, 0.25) is 0 Å². The maximum atomic E-state index is 12.0. The standard InChI is InChI=1S/C19H30O2/c1-2-3-4-5-6-7-8-9-13-16-18(20)19(21)17-14-11-10-12-15-17/h10-12,14-15,18,20H,2-9,13,16H2,1H3. The molecule has 1 rings (SSSR count).